The standard InChI is InChI=1S/C7H7BrN2OS/c1-5(11)10-9-4-6-2-3-7(8)12-6/h2-4H,1H3,(H,10,11). The van der Waals surface area contributed by atoms with Gasteiger partial charge in [-0.3, -0.25) is 4.79 Å². The molecule has 1 aromatic rings. The molecule has 0 aliphatic heterocycles. The molecule has 0 atom stereocenters. The summed E-state index contributed by atoms with van der Waals surface area (Å²) in [5, 5.41) is 3.72. The summed E-state index contributed by atoms with van der Waals surface area (Å²) in [5.41, 5.74) is 2.33. The van der Waals surface area contributed by atoms with Crippen LogP contribution in [0, 0.1) is 0 Å². The van der Waals surface area contributed by atoms with Gasteiger partial charge < -0.3 is 0 Å². The molecule has 0 aliphatic rings. The Morgan fingerprint density at radius 3 is 3.00 bits per heavy atom. The molecule has 1 aromatic heterocycles. The van der Waals surface area contributed by atoms with Gasteiger partial charge in [0.05, 0.1) is 10.0 Å². The average Bonchev–Trinajstić information content (AvgIpc) is 2.35. The van der Waals surface area contributed by atoms with Crippen LogP contribution >= 0.6 is 27.3 Å². The molecule has 3 nitrogen and oxygen atoms in total. The van der Waals surface area contributed by atoms with E-state index in [0.29, 0.717) is 0 Å². The van der Waals surface area contributed by atoms with Crippen molar-refractivity contribution < 1.29 is 4.79 Å². The predicted molar refractivity (Wildman–Crippen MR) is 53.4 cm³/mol. The van der Waals surface area contributed by atoms with Crippen LogP contribution < -0.4 is 5.43 Å². The van der Waals surface area contributed by atoms with Crippen LogP contribution in [0.3, 0.4) is 0 Å². The summed E-state index contributed by atoms with van der Waals surface area (Å²) in [7, 11) is 0. The number of hydrogen-bond donors (Lipinski definition) is 1. The fourth-order valence-corrected chi connectivity index (χ4v) is 1.88. The predicted octanol–water partition coefficient (Wildman–Crippen LogP) is 1.98. The van der Waals surface area contributed by atoms with E-state index in [1.54, 1.807) is 17.6 Å². The van der Waals surface area contributed by atoms with Crippen LogP contribution in [0.25, 0.3) is 0 Å². The smallest absolute Gasteiger partial charge is 0.236 e. The number of rotatable bonds is 2. The zero-order chi connectivity index (χ0) is 8.97. The van der Waals surface area contributed by atoms with Crippen LogP contribution in [0.2, 0.25) is 0 Å². The topological polar surface area (TPSA) is 41.5 Å². The molecular weight excluding hydrogens is 240 g/mol. The molecule has 0 unspecified atom stereocenters. The summed E-state index contributed by atoms with van der Waals surface area (Å²) in [4.78, 5) is 11.4. The minimum absolute atomic E-state index is 0.165. The summed E-state index contributed by atoms with van der Waals surface area (Å²) in [5.74, 6) is -0.165. The first-order valence-electron chi connectivity index (χ1n) is 3.23. The maximum atomic E-state index is 10.4. The van der Waals surface area contributed by atoms with Gasteiger partial charge in [0, 0.05) is 11.8 Å². The number of thiophene rings is 1. The highest BCUT2D eigenvalue weighted by molar-refractivity contribution is 9.11. The fourth-order valence-electron chi connectivity index (χ4n) is 0.584. The third-order valence-corrected chi connectivity index (χ3v) is 2.57. The molecule has 1 rings (SSSR count). The lowest BCUT2D eigenvalue weighted by molar-refractivity contribution is -0.118. The van der Waals surface area contributed by atoms with Gasteiger partial charge in [0.1, 0.15) is 0 Å². The molecule has 1 amide bonds. The van der Waals surface area contributed by atoms with Crippen molar-refractivity contribution in [3.63, 3.8) is 0 Å². The van der Waals surface area contributed by atoms with E-state index >= 15 is 0 Å². The number of halogens is 1. The van der Waals surface area contributed by atoms with Crippen molar-refractivity contribution in [3.8, 4) is 0 Å². The highest BCUT2D eigenvalue weighted by atomic mass is 79.9. The lowest BCUT2D eigenvalue weighted by Gasteiger charge is -1.88. The molecule has 0 radical (unpaired) electrons. The van der Waals surface area contributed by atoms with Crippen molar-refractivity contribution in [1.82, 2.24) is 5.43 Å². The molecule has 0 fully saturated rings. The molecule has 1 N–H and O–H groups in total. The van der Waals surface area contributed by atoms with Gasteiger partial charge in [0.25, 0.3) is 0 Å². The molecule has 12 heavy (non-hydrogen) atoms. The Hall–Kier alpha value is -0.680. The molecule has 0 aromatic carbocycles. The minimum Gasteiger partial charge on any atom is -0.274 e. The minimum atomic E-state index is -0.165. The van der Waals surface area contributed by atoms with E-state index < -0.39 is 0 Å². The van der Waals surface area contributed by atoms with Gasteiger partial charge in [-0.15, -0.1) is 11.3 Å². The van der Waals surface area contributed by atoms with Crippen LogP contribution in [0.5, 0.6) is 0 Å². The third kappa shape index (κ3) is 3.15. The van der Waals surface area contributed by atoms with Crippen molar-refractivity contribution in [1.29, 1.82) is 0 Å². The highest BCUT2D eigenvalue weighted by Gasteiger charge is 1.92. The van der Waals surface area contributed by atoms with Crippen LogP contribution in [0.15, 0.2) is 21.0 Å². The Labute approximate surface area is 82.6 Å². The molecular formula is C7H7BrN2OS. The highest BCUT2D eigenvalue weighted by Crippen LogP contribution is 2.20. The first-order valence-corrected chi connectivity index (χ1v) is 4.84. The average molecular weight is 247 g/mol. The van der Waals surface area contributed by atoms with Gasteiger partial charge in [-0.25, -0.2) is 5.43 Å². The summed E-state index contributed by atoms with van der Waals surface area (Å²) in [6, 6.07) is 3.85. The molecule has 5 heteroatoms. The Balaban J connectivity index is 2.52. The molecule has 0 spiro atoms. The second-order valence-corrected chi connectivity index (χ2v) is 4.56. The van der Waals surface area contributed by atoms with Crippen molar-refractivity contribution >= 4 is 39.4 Å². The molecule has 0 saturated heterocycles. The third-order valence-electron chi connectivity index (χ3n) is 1.01. The number of nitrogens with zero attached hydrogens (tertiary/aromatic N) is 1. The summed E-state index contributed by atoms with van der Waals surface area (Å²) in [6.45, 7) is 1.42. The monoisotopic (exact) mass is 246 g/mol. The maximum absolute atomic E-state index is 10.4. The normalized spacial score (nSPS) is 10.5. The number of hydrogen-bond acceptors (Lipinski definition) is 3. The maximum Gasteiger partial charge on any atom is 0.236 e. The van der Waals surface area contributed by atoms with E-state index in [1.807, 2.05) is 12.1 Å². The van der Waals surface area contributed by atoms with Crippen LogP contribution in [0.1, 0.15) is 11.8 Å². The van der Waals surface area contributed by atoms with E-state index in [1.165, 1.54) is 6.92 Å². The summed E-state index contributed by atoms with van der Waals surface area (Å²) < 4.78 is 1.05. The van der Waals surface area contributed by atoms with Crippen molar-refractivity contribution in [2.75, 3.05) is 0 Å². The zero-order valence-corrected chi connectivity index (χ0v) is 8.78. The Kier molecular flexibility index (Phi) is 3.43. The zero-order valence-electron chi connectivity index (χ0n) is 6.37. The van der Waals surface area contributed by atoms with Crippen LogP contribution in [-0.4, -0.2) is 12.1 Å². The van der Waals surface area contributed by atoms with E-state index in [9.17, 15) is 4.79 Å². The Bertz CT molecular complexity index is 308. The lowest BCUT2D eigenvalue weighted by Crippen LogP contribution is -2.11. The first-order chi connectivity index (χ1) is 5.68. The van der Waals surface area contributed by atoms with Gasteiger partial charge in [0.2, 0.25) is 5.91 Å². The number of hydrazone groups is 1. The molecule has 64 valence electrons. The number of carbonyl (C=O) groups is 1. The van der Waals surface area contributed by atoms with Crippen LogP contribution in [0.4, 0.5) is 0 Å². The second kappa shape index (κ2) is 4.37. The second-order valence-electron chi connectivity index (χ2n) is 2.07. The van der Waals surface area contributed by atoms with Crippen molar-refractivity contribution in [3.05, 3.63) is 20.8 Å². The summed E-state index contributed by atoms with van der Waals surface area (Å²) in [6.07, 6.45) is 1.61. The van der Waals surface area contributed by atoms with Gasteiger partial charge in [0.15, 0.2) is 0 Å². The SMILES string of the molecule is CC(=O)NN=Cc1ccc(Br)s1. The molecule has 0 aliphatic carbocycles. The van der Waals surface area contributed by atoms with E-state index in [2.05, 4.69) is 26.5 Å². The quantitative estimate of drug-likeness (QED) is 0.630. The number of amides is 1. The Morgan fingerprint density at radius 2 is 2.50 bits per heavy atom. The fraction of sp³-hybridized carbons (Fsp3) is 0.143. The lowest BCUT2D eigenvalue weighted by atomic mass is 10.5. The molecule has 0 saturated carbocycles. The largest absolute Gasteiger partial charge is 0.274 e. The van der Waals surface area contributed by atoms with E-state index in [0.717, 1.165) is 8.66 Å². The number of carbonyl (C=O) groups excluding carboxylic acids is 1. The van der Waals surface area contributed by atoms with Gasteiger partial charge >= 0.3 is 0 Å². The van der Waals surface area contributed by atoms with Crippen molar-refractivity contribution in [2.45, 2.75) is 6.92 Å². The van der Waals surface area contributed by atoms with Crippen LogP contribution in [-0.2, 0) is 4.79 Å². The van der Waals surface area contributed by atoms with E-state index in [-0.39, 0.29) is 5.91 Å². The summed E-state index contributed by atoms with van der Waals surface area (Å²) >= 11 is 4.88. The van der Waals surface area contributed by atoms with E-state index in [4.69, 9.17) is 0 Å². The van der Waals surface area contributed by atoms with Gasteiger partial charge in [-0.05, 0) is 28.1 Å². The van der Waals surface area contributed by atoms with Crippen molar-refractivity contribution in [2.24, 2.45) is 5.10 Å². The van der Waals surface area contributed by atoms with Gasteiger partial charge in [-0.1, -0.05) is 0 Å². The van der Waals surface area contributed by atoms with Gasteiger partial charge in [-0.2, -0.15) is 5.10 Å². The molecule has 0 bridgehead atoms. The number of nitrogens with one attached hydrogen (secondary N) is 1. The molecule has 1 heterocycles. The Morgan fingerprint density at radius 1 is 1.75 bits per heavy atom. The first kappa shape index (κ1) is 9.41.